The maximum Gasteiger partial charge on any atom is 0.0530 e. The Labute approximate surface area is 168 Å². The Morgan fingerprint density at radius 1 is 1.11 bits per heavy atom. The summed E-state index contributed by atoms with van der Waals surface area (Å²) in [4.78, 5) is 6.19. The van der Waals surface area contributed by atoms with E-state index in [-0.39, 0.29) is 0 Å². The summed E-state index contributed by atoms with van der Waals surface area (Å²) >= 11 is 4.46. The number of hydrogen-bond acceptors (Lipinski definition) is 3. The third-order valence-corrected chi connectivity index (χ3v) is 6.32. The lowest BCUT2D eigenvalue weighted by Gasteiger charge is -2.21. The fourth-order valence-electron chi connectivity index (χ4n) is 4.67. The predicted octanol–water partition coefficient (Wildman–Crippen LogP) is 6.63. The van der Waals surface area contributed by atoms with Gasteiger partial charge in [-0.05, 0) is 61.4 Å². The predicted molar refractivity (Wildman–Crippen MR) is 118 cm³/mol. The molecule has 1 heterocycles. The molecule has 2 aliphatic carbocycles. The van der Waals surface area contributed by atoms with E-state index in [1.165, 1.54) is 61.0 Å². The van der Waals surface area contributed by atoms with E-state index < -0.39 is 0 Å². The highest BCUT2D eigenvalue weighted by molar-refractivity contribution is 7.80. The lowest BCUT2D eigenvalue weighted by Crippen LogP contribution is -2.10. The molecule has 1 N–H and O–H groups in total. The van der Waals surface area contributed by atoms with Crippen LogP contribution >= 0.6 is 12.6 Å². The quantitative estimate of drug-likeness (QED) is 0.461. The zero-order valence-corrected chi connectivity index (χ0v) is 17.2. The minimum atomic E-state index is 0.568. The number of hydrogen-bond donors (Lipinski definition) is 2. The van der Waals surface area contributed by atoms with Crippen molar-refractivity contribution in [3.8, 4) is 0 Å². The van der Waals surface area contributed by atoms with Crippen molar-refractivity contribution in [3.05, 3.63) is 59.4 Å². The number of benzene rings is 1. The molecule has 0 bridgehead atoms. The molecule has 1 saturated carbocycles. The van der Waals surface area contributed by atoms with E-state index in [0.717, 1.165) is 29.1 Å². The second-order valence-corrected chi connectivity index (χ2v) is 8.90. The standard InChI is InChI=1S/C24H30N2S/c1-16-12-19-14-22(17(2)25-20-10-7-11-21(27)15-20)24(26-23(19)13-16)18-8-5-3-4-6-9-18/h7,10-11,14-16,18,25,27H,2-6,8-9,12-13H2,1H3. The Morgan fingerprint density at radius 2 is 1.89 bits per heavy atom. The topological polar surface area (TPSA) is 24.9 Å². The summed E-state index contributed by atoms with van der Waals surface area (Å²) < 4.78 is 0. The van der Waals surface area contributed by atoms with Gasteiger partial charge in [-0.15, -0.1) is 12.6 Å². The number of nitrogens with zero attached hydrogens (tertiary/aromatic N) is 1. The van der Waals surface area contributed by atoms with Crippen molar-refractivity contribution < 1.29 is 0 Å². The largest absolute Gasteiger partial charge is 0.355 e. The van der Waals surface area contributed by atoms with E-state index in [9.17, 15) is 0 Å². The number of rotatable bonds is 4. The minimum Gasteiger partial charge on any atom is -0.355 e. The first kappa shape index (κ1) is 18.6. The lowest BCUT2D eigenvalue weighted by molar-refractivity contribution is 0.572. The minimum absolute atomic E-state index is 0.568. The summed E-state index contributed by atoms with van der Waals surface area (Å²) in [6, 6.07) is 10.5. The Bertz CT molecular complexity index is 834. The molecule has 2 nitrogen and oxygen atoms in total. The van der Waals surface area contributed by atoms with Crippen molar-refractivity contribution in [2.45, 2.75) is 69.1 Å². The molecule has 1 fully saturated rings. The average Bonchev–Trinajstić information content (AvgIpc) is 2.82. The highest BCUT2D eigenvalue weighted by Gasteiger charge is 2.26. The molecule has 0 amide bonds. The van der Waals surface area contributed by atoms with Crippen molar-refractivity contribution >= 4 is 24.0 Å². The van der Waals surface area contributed by atoms with Crippen LogP contribution < -0.4 is 5.32 Å². The number of nitrogens with one attached hydrogen (secondary N) is 1. The highest BCUT2D eigenvalue weighted by Crippen LogP contribution is 2.37. The van der Waals surface area contributed by atoms with Gasteiger partial charge in [-0.2, -0.15) is 0 Å². The third kappa shape index (κ3) is 4.24. The van der Waals surface area contributed by atoms with Gasteiger partial charge in [0.15, 0.2) is 0 Å². The van der Waals surface area contributed by atoms with Gasteiger partial charge in [0.05, 0.1) is 5.69 Å². The van der Waals surface area contributed by atoms with Crippen molar-refractivity contribution in [1.82, 2.24) is 4.98 Å². The van der Waals surface area contributed by atoms with E-state index in [4.69, 9.17) is 4.98 Å². The molecule has 0 saturated heterocycles. The maximum absolute atomic E-state index is 5.23. The Kier molecular flexibility index (Phi) is 5.58. The SMILES string of the molecule is C=C(Nc1cccc(S)c1)c1cc2c(nc1C1CCCCCC1)CC(C)C2. The summed E-state index contributed by atoms with van der Waals surface area (Å²) in [5.74, 6) is 1.27. The molecule has 2 aromatic rings. The number of pyridine rings is 1. The van der Waals surface area contributed by atoms with E-state index >= 15 is 0 Å². The van der Waals surface area contributed by atoms with Crippen LogP contribution in [0.15, 0.2) is 41.8 Å². The molecule has 0 spiro atoms. The summed E-state index contributed by atoms with van der Waals surface area (Å²) in [6.45, 7) is 6.73. The van der Waals surface area contributed by atoms with Gasteiger partial charge >= 0.3 is 0 Å². The van der Waals surface area contributed by atoms with Crippen LogP contribution in [0.2, 0.25) is 0 Å². The van der Waals surface area contributed by atoms with E-state index in [1.807, 2.05) is 18.2 Å². The summed E-state index contributed by atoms with van der Waals surface area (Å²) in [7, 11) is 0. The summed E-state index contributed by atoms with van der Waals surface area (Å²) in [5.41, 5.74) is 7.25. The van der Waals surface area contributed by atoms with E-state index in [0.29, 0.717) is 11.8 Å². The Balaban J connectivity index is 1.69. The molecule has 3 heteroatoms. The van der Waals surface area contributed by atoms with Gasteiger partial charge in [-0.25, -0.2) is 0 Å². The molecule has 2 aliphatic rings. The second-order valence-electron chi connectivity index (χ2n) is 8.38. The van der Waals surface area contributed by atoms with Gasteiger partial charge in [-0.3, -0.25) is 4.98 Å². The molecule has 1 aromatic heterocycles. The molecular weight excluding hydrogens is 348 g/mol. The van der Waals surface area contributed by atoms with Gasteiger partial charge in [-0.1, -0.05) is 45.3 Å². The van der Waals surface area contributed by atoms with Crippen molar-refractivity contribution in [3.63, 3.8) is 0 Å². The lowest BCUT2D eigenvalue weighted by atomic mass is 9.90. The van der Waals surface area contributed by atoms with Gasteiger partial charge in [0.25, 0.3) is 0 Å². The Morgan fingerprint density at radius 3 is 2.63 bits per heavy atom. The first-order valence-electron chi connectivity index (χ1n) is 10.4. The maximum atomic E-state index is 5.23. The molecule has 1 aromatic carbocycles. The number of anilines is 1. The third-order valence-electron chi connectivity index (χ3n) is 6.04. The summed E-state index contributed by atoms with van der Waals surface area (Å²) in [6.07, 6.45) is 10.1. The monoisotopic (exact) mass is 378 g/mol. The van der Waals surface area contributed by atoms with E-state index in [2.05, 4.69) is 43.6 Å². The first-order chi connectivity index (χ1) is 13.1. The molecule has 27 heavy (non-hydrogen) atoms. The van der Waals surface area contributed by atoms with Crippen LogP contribution in [0.25, 0.3) is 5.70 Å². The fraction of sp³-hybridized carbons (Fsp3) is 0.458. The average molecular weight is 379 g/mol. The normalized spacial score (nSPS) is 20.1. The first-order valence-corrected chi connectivity index (χ1v) is 10.8. The van der Waals surface area contributed by atoms with Crippen LogP contribution in [-0.2, 0) is 12.8 Å². The van der Waals surface area contributed by atoms with Gasteiger partial charge in [0.2, 0.25) is 0 Å². The van der Waals surface area contributed by atoms with Crippen LogP contribution in [0, 0.1) is 5.92 Å². The fourth-order valence-corrected chi connectivity index (χ4v) is 4.90. The molecule has 0 radical (unpaired) electrons. The number of fused-ring (bicyclic) bond motifs is 1. The smallest absolute Gasteiger partial charge is 0.0530 e. The van der Waals surface area contributed by atoms with Crippen LogP contribution in [0.5, 0.6) is 0 Å². The molecule has 4 rings (SSSR count). The van der Waals surface area contributed by atoms with Gasteiger partial charge < -0.3 is 5.32 Å². The van der Waals surface area contributed by atoms with E-state index in [1.54, 1.807) is 0 Å². The van der Waals surface area contributed by atoms with Crippen LogP contribution in [0.4, 0.5) is 5.69 Å². The van der Waals surface area contributed by atoms with Crippen molar-refractivity contribution in [2.24, 2.45) is 5.92 Å². The second kappa shape index (κ2) is 8.10. The van der Waals surface area contributed by atoms with Crippen LogP contribution in [-0.4, -0.2) is 4.98 Å². The molecule has 1 unspecified atom stereocenters. The molecule has 1 atom stereocenters. The zero-order valence-electron chi connectivity index (χ0n) is 16.3. The Hall–Kier alpha value is -1.74. The van der Waals surface area contributed by atoms with Crippen LogP contribution in [0.3, 0.4) is 0 Å². The molecule has 142 valence electrons. The summed E-state index contributed by atoms with van der Waals surface area (Å²) in [5, 5.41) is 3.51. The molecule has 0 aliphatic heterocycles. The van der Waals surface area contributed by atoms with Gasteiger partial charge in [0.1, 0.15) is 0 Å². The molecular formula is C24H30N2S. The number of aromatic nitrogens is 1. The number of thiol groups is 1. The zero-order chi connectivity index (χ0) is 18.8. The van der Waals surface area contributed by atoms with Crippen molar-refractivity contribution in [2.75, 3.05) is 5.32 Å². The van der Waals surface area contributed by atoms with Gasteiger partial charge in [0, 0.05) is 33.5 Å². The van der Waals surface area contributed by atoms with Crippen LogP contribution in [0.1, 0.15) is 73.9 Å². The van der Waals surface area contributed by atoms with Crippen molar-refractivity contribution in [1.29, 1.82) is 0 Å². The highest BCUT2D eigenvalue weighted by atomic mass is 32.1.